The summed E-state index contributed by atoms with van der Waals surface area (Å²) in [6.07, 6.45) is 4.95. The Bertz CT molecular complexity index is 866. The number of allylic oxidation sites excluding steroid dienone is 2. The van der Waals surface area contributed by atoms with E-state index in [0.29, 0.717) is 5.69 Å². The summed E-state index contributed by atoms with van der Waals surface area (Å²) in [5.74, 6) is -1.24. The summed E-state index contributed by atoms with van der Waals surface area (Å²) in [6.45, 7) is 0.386. The fourth-order valence-electron chi connectivity index (χ4n) is 4.49. The van der Waals surface area contributed by atoms with E-state index in [1.54, 1.807) is 0 Å². The maximum Gasteiger partial charge on any atom is 0.270 e. The molecule has 1 saturated heterocycles. The maximum atomic E-state index is 12.6. The lowest BCUT2D eigenvalue weighted by molar-refractivity contribution is -0.384. The number of imide groups is 1. The van der Waals surface area contributed by atoms with Gasteiger partial charge in [0.05, 0.1) is 22.3 Å². The number of nitro groups is 1. The zero-order valence-electron chi connectivity index (χ0n) is 14.3. The minimum Gasteiger partial charge on any atom is -0.383 e. The van der Waals surface area contributed by atoms with Gasteiger partial charge in [0.15, 0.2) is 0 Å². The summed E-state index contributed by atoms with van der Waals surface area (Å²) in [7, 11) is 0. The fraction of sp³-hybridized carbons (Fsp3) is 0.389. The largest absolute Gasteiger partial charge is 0.383 e. The molecule has 4 rings (SSSR count). The molecule has 1 aromatic rings. The minimum atomic E-state index is -0.799. The van der Waals surface area contributed by atoms with Crippen molar-refractivity contribution in [3.05, 3.63) is 46.0 Å². The van der Waals surface area contributed by atoms with E-state index in [1.807, 2.05) is 12.2 Å². The van der Waals surface area contributed by atoms with Crippen molar-refractivity contribution in [3.8, 4) is 0 Å². The summed E-state index contributed by atoms with van der Waals surface area (Å²) in [4.78, 5) is 48.3. The highest BCUT2D eigenvalue weighted by Gasteiger charge is 2.58. The molecule has 140 valence electrons. The number of nitrogens with one attached hydrogen (secondary N) is 1. The van der Waals surface area contributed by atoms with Crippen molar-refractivity contribution in [1.82, 2.24) is 4.90 Å². The number of nitro benzene ring substituents is 1. The van der Waals surface area contributed by atoms with Crippen LogP contribution in [-0.4, -0.2) is 40.6 Å². The zero-order chi connectivity index (χ0) is 19.3. The van der Waals surface area contributed by atoms with Gasteiger partial charge in [-0.05, 0) is 24.3 Å². The second-order valence-electron chi connectivity index (χ2n) is 7.11. The van der Waals surface area contributed by atoms with Crippen LogP contribution in [0.2, 0.25) is 0 Å². The molecule has 3 amide bonds. The Hall–Kier alpha value is -3.23. The van der Waals surface area contributed by atoms with Gasteiger partial charge in [-0.15, -0.1) is 0 Å². The molecule has 2 fully saturated rings. The first-order valence-corrected chi connectivity index (χ1v) is 8.74. The number of carbonyl (C=O) groups is 3. The summed E-state index contributed by atoms with van der Waals surface area (Å²) < 4.78 is 0. The van der Waals surface area contributed by atoms with Gasteiger partial charge in [0, 0.05) is 30.9 Å². The van der Waals surface area contributed by atoms with Crippen molar-refractivity contribution in [2.45, 2.75) is 6.42 Å². The smallest absolute Gasteiger partial charge is 0.270 e. The van der Waals surface area contributed by atoms with E-state index >= 15 is 0 Å². The normalized spacial score (nSPS) is 27.9. The number of primary amides is 1. The number of nitrogens with two attached hydrogens (primary N) is 1. The Balaban J connectivity index is 1.44. The van der Waals surface area contributed by atoms with E-state index in [1.165, 1.54) is 17.0 Å². The summed E-state index contributed by atoms with van der Waals surface area (Å²) in [5, 5.41) is 13.8. The minimum absolute atomic E-state index is 0.0117. The van der Waals surface area contributed by atoms with Crippen LogP contribution in [0.4, 0.5) is 11.4 Å². The molecule has 9 nitrogen and oxygen atoms in total. The third-order valence-corrected chi connectivity index (χ3v) is 5.69. The zero-order valence-corrected chi connectivity index (χ0v) is 14.3. The van der Waals surface area contributed by atoms with E-state index in [0.717, 1.165) is 12.5 Å². The van der Waals surface area contributed by atoms with Crippen molar-refractivity contribution < 1.29 is 19.3 Å². The number of hydrogen-bond acceptors (Lipinski definition) is 6. The molecular formula is C18H18N4O5. The fourth-order valence-corrected chi connectivity index (χ4v) is 4.49. The van der Waals surface area contributed by atoms with E-state index in [2.05, 4.69) is 5.32 Å². The molecule has 4 atom stereocenters. The molecule has 3 N–H and O–H groups in total. The second kappa shape index (κ2) is 6.19. The van der Waals surface area contributed by atoms with Gasteiger partial charge in [-0.2, -0.15) is 0 Å². The highest BCUT2D eigenvalue weighted by Crippen LogP contribution is 2.52. The Morgan fingerprint density at radius 2 is 1.85 bits per heavy atom. The van der Waals surface area contributed by atoms with E-state index in [4.69, 9.17) is 5.73 Å². The standard InChI is InChI=1S/C18H18N4O5/c19-16(23)12-8-11(22(26)27)3-4-13(12)20-5-6-21-17(24)14-9-1-2-10(7-9)15(14)18(21)25/h1-4,8-10,14-15,20H,5-7H2,(H2,19,23)/t9-,10-,14-,15+/m1/s1. The number of likely N-dealkylation sites (tertiary alicyclic amines) is 1. The third kappa shape index (κ3) is 2.66. The van der Waals surface area contributed by atoms with Gasteiger partial charge in [0.1, 0.15) is 0 Å². The van der Waals surface area contributed by atoms with E-state index in [-0.39, 0.29) is 59.8 Å². The van der Waals surface area contributed by atoms with Crippen LogP contribution >= 0.6 is 0 Å². The Morgan fingerprint density at radius 1 is 1.22 bits per heavy atom. The molecule has 2 aliphatic carbocycles. The van der Waals surface area contributed by atoms with E-state index < -0.39 is 10.8 Å². The van der Waals surface area contributed by atoms with Gasteiger partial charge < -0.3 is 11.1 Å². The summed E-state index contributed by atoms with van der Waals surface area (Å²) in [6, 6.07) is 3.75. The van der Waals surface area contributed by atoms with Crippen LogP contribution in [0.1, 0.15) is 16.8 Å². The Kier molecular flexibility index (Phi) is 3.94. The maximum absolute atomic E-state index is 12.6. The van der Waals surface area contributed by atoms with Crippen molar-refractivity contribution in [3.63, 3.8) is 0 Å². The highest BCUT2D eigenvalue weighted by molar-refractivity contribution is 6.06. The second-order valence-corrected chi connectivity index (χ2v) is 7.11. The van der Waals surface area contributed by atoms with Crippen molar-refractivity contribution in [2.75, 3.05) is 18.4 Å². The van der Waals surface area contributed by atoms with Crippen LogP contribution in [0.15, 0.2) is 30.4 Å². The highest BCUT2D eigenvalue weighted by atomic mass is 16.6. The van der Waals surface area contributed by atoms with Gasteiger partial charge in [-0.1, -0.05) is 12.2 Å². The number of benzene rings is 1. The van der Waals surface area contributed by atoms with Crippen LogP contribution in [-0.2, 0) is 9.59 Å². The monoisotopic (exact) mass is 370 g/mol. The molecular weight excluding hydrogens is 352 g/mol. The van der Waals surface area contributed by atoms with Gasteiger partial charge in [-0.3, -0.25) is 29.4 Å². The van der Waals surface area contributed by atoms with Crippen molar-refractivity contribution >= 4 is 29.1 Å². The van der Waals surface area contributed by atoms with Crippen molar-refractivity contribution in [2.24, 2.45) is 29.4 Å². The number of nitrogens with zero attached hydrogens (tertiary/aromatic N) is 2. The number of amides is 3. The Morgan fingerprint density at radius 3 is 2.41 bits per heavy atom. The number of anilines is 1. The third-order valence-electron chi connectivity index (χ3n) is 5.69. The van der Waals surface area contributed by atoms with Crippen LogP contribution in [0.25, 0.3) is 0 Å². The van der Waals surface area contributed by atoms with Gasteiger partial charge >= 0.3 is 0 Å². The lowest BCUT2D eigenvalue weighted by Gasteiger charge is -2.18. The molecule has 0 radical (unpaired) electrons. The lowest BCUT2D eigenvalue weighted by Crippen LogP contribution is -2.36. The molecule has 0 spiro atoms. The molecule has 1 saturated carbocycles. The first-order valence-electron chi connectivity index (χ1n) is 8.74. The summed E-state index contributed by atoms with van der Waals surface area (Å²) in [5.41, 5.74) is 5.37. The first-order chi connectivity index (χ1) is 12.9. The predicted octanol–water partition coefficient (Wildman–Crippen LogP) is 0.913. The topological polar surface area (TPSA) is 136 Å². The van der Waals surface area contributed by atoms with E-state index in [9.17, 15) is 24.5 Å². The number of fused-ring (bicyclic) bond motifs is 5. The van der Waals surface area contributed by atoms with Crippen LogP contribution in [0.3, 0.4) is 0 Å². The number of rotatable bonds is 6. The van der Waals surface area contributed by atoms with Crippen LogP contribution in [0, 0.1) is 33.8 Å². The number of carbonyl (C=O) groups excluding carboxylic acids is 3. The average molecular weight is 370 g/mol. The molecule has 1 heterocycles. The SMILES string of the molecule is NC(=O)c1cc([N+](=O)[O-])ccc1NCCN1C(=O)[C@@H]2[C@H](C1=O)[C@@H]1C=C[C@@H]2C1. The number of hydrogen-bond donors (Lipinski definition) is 2. The molecule has 0 aromatic heterocycles. The van der Waals surface area contributed by atoms with Crippen LogP contribution < -0.4 is 11.1 Å². The molecule has 2 bridgehead atoms. The van der Waals surface area contributed by atoms with Gasteiger partial charge in [-0.25, -0.2) is 0 Å². The quantitative estimate of drug-likeness (QED) is 0.331. The predicted molar refractivity (Wildman–Crippen MR) is 94.5 cm³/mol. The Labute approximate surface area is 154 Å². The van der Waals surface area contributed by atoms with Gasteiger partial charge in [0.2, 0.25) is 11.8 Å². The summed E-state index contributed by atoms with van der Waals surface area (Å²) >= 11 is 0. The van der Waals surface area contributed by atoms with Gasteiger partial charge in [0.25, 0.3) is 11.6 Å². The molecule has 3 aliphatic rings. The lowest BCUT2D eigenvalue weighted by atomic mass is 9.85. The molecule has 1 aromatic carbocycles. The van der Waals surface area contributed by atoms with Crippen molar-refractivity contribution in [1.29, 1.82) is 0 Å². The molecule has 0 unspecified atom stereocenters. The number of non-ortho nitro benzene ring substituents is 1. The van der Waals surface area contributed by atoms with Crippen LogP contribution in [0.5, 0.6) is 0 Å². The average Bonchev–Trinajstić information content (AvgIpc) is 3.31. The molecule has 27 heavy (non-hydrogen) atoms. The molecule has 9 heteroatoms. The molecule has 1 aliphatic heterocycles. The first kappa shape index (κ1) is 17.2.